The van der Waals surface area contributed by atoms with Gasteiger partial charge in [-0.2, -0.15) is 15.4 Å². The Hall–Kier alpha value is -2.69. The van der Waals surface area contributed by atoms with Gasteiger partial charge < -0.3 is 4.90 Å². The van der Waals surface area contributed by atoms with Crippen LogP contribution in [0, 0.1) is 0 Å². The monoisotopic (exact) mass is 278 g/mol. The Morgan fingerprint density at radius 3 is 2.90 bits per heavy atom. The lowest BCUT2D eigenvalue weighted by molar-refractivity contribution is 0.0981. The summed E-state index contributed by atoms with van der Waals surface area (Å²) in [4.78, 5) is 14.7. The van der Waals surface area contributed by atoms with Gasteiger partial charge in [0.1, 0.15) is 11.0 Å². The molecule has 1 atom stereocenters. The van der Waals surface area contributed by atoms with E-state index < -0.39 is 0 Å². The first kappa shape index (κ1) is 12.1. The molecule has 1 N–H and O–H groups in total. The van der Waals surface area contributed by atoms with Gasteiger partial charge in [0.05, 0.1) is 0 Å². The maximum absolute atomic E-state index is 12.9. The highest BCUT2D eigenvalue weighted by Crippen LogP contribution is 2.33. The van der Waals surface area contributed by atoms with E-state index in [1.165, 1.54) is 5.56 Å². The minimum Gasteiger partial charge on any atom is -0.305 e. The zero-order chi connectivity index (χ0) is 14.4. The molecule has 4 rings (SSSR count). The number of carbonyl (C=O) groups is 1. The number of aromatic amines is 1. The molecular weight excluding hydrogens is 264 g/mol. The number of para-hydroxylation sites is 1. The van der Waals surface area contributed by atoms with Gasteiger partial charge >= 0.3 is 0 Å². The van der Waals surface area contributed by atoms with Gasteiger partial charge in [-0.1, -0.05) is 18.2 Å². The Labute approximate surface area is 121 Å². The third kappa shape index (κ3) is 1.81. The zero-order valence-corrected chi connectivity index (χ0v) is 11.6. The second-order valence-corrected chi connectivity index (χ2v) is 5.38. The number of benzene rings is 2. The van der Waals surface area contributed by atoms with Crippen molar-refractivity contribution in [3.05, 3.63) is 53.6 Å². The summed E-state index contributed by atoms with van der Waals surface area (Å²) in [6.07, 6.45) is 0.897. The van der Waals surface area contributed by atoms with Gasteiger partial charge in [-0.3, -0.25) is 4.79 Å². The van der Waals surface area contributed by atoms with Crippen LogP contribution in [0.5, 0.6) is 0 Å². The molecule has 0 fully saturated rings. The van der Waals surface area contributed by atoms with Crippen LogP contribution in [0.2, 0.25) is 0 Å². The molecule has 104 valence electrons. The molecule has 2 aromatic carbocycles. The van der Waals surface area contributed by atoms with Gasteiger partial charge in [-0.15, -0.1) is 0 Å². The summed E-state index contributed by atoms with van der Waals surface area (Å²) in [6, 6.07) is 13.7. The number of hydrogen-bond donors (Lipinski definition) is 1. The van der Waals surface area contributed by atoms with Crippen molar-refractivity contribution in [3.63, 3.8) is 0 Å². The predicted molar refractivity (Wildman–Crippen MR) is 80.3 cm³/mol. The summed E-state index contributed by atoms with van der Waals surface area (Å²) in [5.41, 5.74) is 4.35. The highest BCUT2D eigenvalue weighted by Gasteiger charge is 2.31. The Balaban J connectivity index is 1.77. The molecule has 1 unspecified atom stereocenters. The Morgan fingerprint density at radius 1 is 1.19 bits per heavy atom. The van der Waals surface area contributed by atoms with Crippen molar-refractivity contribution in [2.75, 3.05) is 4.90 Å². The number of fused-ring (bicyclic) bond motifs is 2. The molecule has 0 saturated carbocycles. The summed E-state index contributed by atoms with van der Waals surface area (Å²) in [5.74, 6) is 0.0114. The molecule has 0 saturated heterocycles. The van der Waals surface area contributed by atoms with Crippen molar-refractivity contribution < 1.29 is 4.79 Å². The number of anilines is 1. The van der Waals surface area contributed by atoms with E-state index in [4.69, 9.17) is 0 Å². The van der Waals surface area contributed by atoms with Gasteiger partial charge in [0.2, 0.25) is 0 Å². The fraction of sp³-hybridized carbons (Fsp3) is 0.188. The molecular formula is C16H14N4O. The first-order chi connectivity index (χ1) is 10.2. The molecule has 0 aliphatic carbocycles. The van der Waals surface area contributed by atoms with Gasteiger partial charge in [-0.05, 0) is 43.2 Å². The number of carbonyl (C=O) groups excluding carboxylic acids is 1. The number of aromatic nitrogens is 3. The van der Waals surface area contributed by atoms with E-state index >= 15 is 0 Å². The molecule has 2 heterocycles. The molecule has 1 aliphatic rings. The van der Waals surface area contributed by atoms with Crippen molar-refractivity contribution >= 4 is 22.6 Å². The van der Waals surface area contributed by atoms with Gasteiger partial charge in [0, 0.05) is 17.3 Å². The lowest BCUT2D eigenvalue weighted by Gasteiger charge is -2.22. The third-order valence-electron chi connectivity index (χ3n) is 3.99. The van der Waals surface area contributed by atoms with E-state index in [0.717, 1.165) is 17.6 Å². The van der Waals surface area contributed by atoms with Crippen LogP contribution < -0.4 is 4.90 Å². The number of hydrogen-bond acceptors (Lipinski definition) is 3. The minimum absolute atomic E-state index is 0.0114. The van der Waals surface area contributed by atoms with Gasteiger partial charge in [0.25, 0.3) is 5.91 Å². The van der Waals surface area contributed by atoms with E-state index in [9.17, 15) is 4.79 Å². The molecule has 0 bridgehead atoms. The van der Waals surface area contributed by atoms with Crippen LogP contribution in [-0.2, 0) is 6.42 Å². The molecule has 5 heteroatoms. The van der Waals surface area contributed by atoms with E-state index in [-0.39, 0.29) is 11.9 Å². The number of nitrogens with zero attached hydrogens (tertiary/aromatic N) is 3. The highest BCUT2D eigenvalue weighted by molar-refractivity contribution is 6.09. The van der Waals surface area contributed by atoms with Crippen molar-refractivity contribution in [2.45, 2.75) is 19.4 Å². The van der Waals surface area contributed by atoms with Crippen LogP contribution in [0.15, 0.2) is 42.5 Å². The quantitative estimate of drug-likeness (QED) is 0.744. The van der Waals surface area contributed by atoms with Crippen LogP contribution in [0.25, 0.3) is 11.0 Å². The van der Waals surface area contributed by atoms with Crippen molar-refractivity contribution in [2.24, 2.45) is 0 Å². The van der Waals surface area contributed by atoms with E-state index in [0.29, 0.717) is 11.1 Å². The average Bonchev–Trinajstić information content (AvgIpc) is 3.08. The lowest BCUT2D eigenvalue weighted by Crippen LogP contribution is -2.35. The second kappa shape index (κ2) is 4.41. The standard InChI is InChI=1S/C16H14N4O/c1-10-8-11-4-2-3-5-15(11)20(10)16(21)12-6-7-13-14(9-12)18-19-17-13/h2-7,9-10H,8H2,1H3,(H,17,18,19). The fourth-order valence-corrected chi connectivity index (χ4v) is 2.99. The maximum Gasteiger partial charge on any atom is 0.258 e. The average molecular weight is 278 g/mol. The predicted octanol–water partition coefficient (Wildman–Crippen LogP) is 2.55. The van der Waals surface area contributed by atoms with Gasteiger partial charge in [-0.25, -0.2) is 0 Å². The SMILES string of the molecule is CC1Cc2ccccc2N1C(=O)c1ccc2n[nH]nc2c1. The Morgan fingerprint density at radius 2 is 2.00 bits per heavy atom. The first-order valence-corrected chi connectivity index (χ1v) is 6.96. The molecule has 0 radical (unpaired) electrons. The topological polar surface area (TPSA) is 61.9 Å². The number of rotatable bonds is 1. The van der Waals surface area contributed by atoms with Crippen LogP contribution in [0.1, 0.15) is 22.8 Å². The lowest BCUT2D eigenvalue weighted by atomic mass is 10.1. The Kier molecular flexibility index (Phi) is 2.54. The Bertz CT molecular complexity index is 839. The van der Waals surface area contributed by atoms with Crippen molar-refractivity contribution in [1.82, 2.24) is 15.4 Å². The molecule has 5 nitrogen and oxygen atoms in total. The second-order valence-electron chi connectivity index (χ2n) is 5.38. The number of amides is 1. The molecule has 1 aliphatic heterocycles. The molecule has 21 heavy (non-hydrogen) atoms. The zero-order valence-electron chi connectivity index (χ0n) is 11.6. The maximum atomic E-state index is 12.9. The summed E-state index contributed by atoms with van der Waals surface area (Å²) in [5, 5.41) is 10.6. The first-order valence-electron chi connectivity index (χ1n) is 6.96. The van der Waals surface area contributed by atoms with Crippen LogP contribution >= 0.6 is 0 Å². The van der Waals surface area contributed by atoms with Crippen LogP contribution in [0.4, 0.5) is 5.69 Å². The molecule has 0 spiro atoms. The smallest absolute Gasteiger partial charge is 0.258 e. The van der Waals surface area contributed by atoms with Crippen molar-refractivity contribution in [3.8, 4) is 0 Å². The summed E-state index contributed by atoms with van der Waals surface area (Å²) in [7, 11) is 0. The molecule has 3 aromatic rings. The minimum atomic E-state index is 0.0114. The van der Waals surface area contributed by atoms with Crippen LogP contribution in [-0.4, -0.2) is 27.4 Å². The number of H-pyrrole nitrogens is 1. The van der Waals surface area contributed by atoms with E-state index in [1.807, 2.05) is 29.2 Å². The fourth-order valence-electron chi connectivity index (χ4n) is 2.99. The summed E-state index contributed by atoms with van der Waals surface area (Å²) < 4.78 is 0. The van der Waals surface area contributed by atoms with Gasteiger partial charge in [0.15, 0.2) is 0 Å². The summed E-state index contributed by atoms with van der Waals surface area (Å²) in [6.45, 7) is 2.08. The number of nitrogens with one attached hydrogen (secondary N) is 1. The van der Waals surface area contributed by atoms with Crippen molar-refractivity contribution in [1.29, 1.82) is 0 Å². The summed E-state index contributed by atoms with van der Waals surface area (Å²) >= 11 is 0. The van der Waals surface area contributed by atoms with Crippen LogP contribution in [0.3, 0.4) is 0 Å². The normalized spacial score (nSPS) is 17.2. The largest absolute Gasteiger partial charge is 0.305 e. The van der Waals surface area contributed by atoms with E-state index in [2.05, 4.69) is 28.4 Å². The molecule has 1 aromatic heterocycles. The highest BCUT2D eigenvalue weighted by atomic mass is 16.2. The molecule has 1 amide bonds. The van der Waals surface area contributed by atoms with E-state index in [1.54, 1.807) is 12.1 Å². The third-order valence-corrected chi connectivity index (χ3v) is 3.99.